The highest BCUT2D eigenvalue weighted by Gasteiger charge is 2.20. The van der Waals surface area contributed by atoms with Crippen molar-refractivity contribution < 1.29 is 0 Å². The zero-order valence-corrected chi connectivity index (χ0v) is 13.8. The van der Waals surface area contributed by atoms with Crippen molar-refractivity contribution >= 4 is 0 Å². The van der Waals surface area contributed by atoms with Crippen molar-refractivity contribution in [3.05, 3.63) is 0 Å². The summed E-state index contributed by atoms with van der Waals surface area (Å²) in [6.45, 7) is 14.3. The van der Waals surface area contributed by atoms with Crippen LogP contribution in [0.3, 0.4) is 0 Å². The molecular formula is C17H36N2. The predicted molar refractivity (Wildman–Crippen MR) is 85.6 cm³/mol. The van der Waals surface area contributed by atoms with Crippen molar-refractivity contribution in [3.63, 3.8) is 0 Å². The molecule has 2 atom stereocenters. The summed E-state index contributed by atoms with van der Waals surface area (Å²) >= 11 is 0. The maximum absolute atomic E-state index is 3.73. The zero-order chi connectivity index (χ0) is 14.1. The normalized spacial score (nSPS) is 23.5. The Balaban J connectivity index is 2.37. The van der Waals surface area contributed by atoms with Gasteiger partial charge in [-0.25, -0.2) is 0 Å². The van der Waals surface area contributed by atoms with Crippen molar-refractivity contribution in [3.8, 4) is 0 Å². The Kier molecular flexibility index (Phi) is 8.72. The van der Waals surface area contributed by atoms with Crippen LogP contribution in [0.1, 0.15) is 66.2 Å². The fourth-order valence-electron chi connectivity index (χ4n) is 3.22. The SMILES string of the molecule is CCCNC(CN1CCCC(CCC)CC1)C(C)C. The first-order chi connectivity index (χ1) is 9.17. The fraction of sp³-hybridized carbons (Fsp3) is 1.00. The lowest BCUT2D eigenvalue weighted by atomic mass is 9.96. The monoisotopic (exact) mass is 268 g/mol. The molecule has 0 amide bonds. The van der Waals surface area contributed by atoms with E-state index in [9.17, 15) is 0 Å². The van der Waals surface area contributed by atoms with E-state index in [0.29, 0.717) is 6.04 Å². The van der Waals surface area contributed by atoms with E-state index in [1.807, 2.05) is 0 Å². The molecule has 0 spiro atoms. The van der Waals surface area contributed by atoms with Crippen molar-refractivity contribution in [2.75, 3.05) is 26.2 Å². The van der Waals surface area contributed by atoms with Crippen molar-refractivity contribution in [2.45, 2.75) is 72.3 Å². The van der Waals surface area contributed by atoms with Gasteiger partial charge in [0.05, 0.1) is 0 Å². The lowest BCUT2D eigenvalue weighted by Crippen LogP contribution is -2.44. The molecule has 1 aliphatic rings. The second-order valence-corrected chi connectivity index (χ2v) is 6.69. The molecule has 1 rings (SSSR count). The lowest BCUT2D eigenvalue weighted by Gasteiger charge is -2.29. The maximum Gasteiger partial charge on any atom is 0.0217 e. The highest BCUT2D eigenvalue weighted by molar-refractivity contribution is 4.78. The lowest BCUT2D eigenvalue weighted by molar-refractivity contribution is 0.221. The highest BCUT2D eigenvalue weighted by atomic mass is 15.1. The molecule has 114 valence electrons. The molecule has 0 aromatic rings. The molecule has 2 nitrogen and oxygen atoms in total. The summed E-state index contributed by atoms with van der Waals surface area (Å²) in [6.07, 6.45) is 8.32. The summed E-state index contributed by atoms with van der Waals surface area (Å²) < 4.78 is 0. The smallest absolute Gasteiger partial charge is 0.0217 e. The van der Waals surface area contributed by atoms with E-state index in [-0.39, 0.29) is 0 Å². The molecule has 2 heteroatoms. The first-order valence-electron chi connectivity index (χ1n) is 8.63. The quantitative estimate of drug-likeness (QED) is 0.718. The van der Waals surface area contributed by atoms with E-state index < -0.39 is 0 Å². The molecule has 0 radical (unpaired) electrons. The van der Waals surface area contributed by atoms with E-state index in [1.165, 1.54) is 58.2 Å². The molecule has 1 saturated heterocycles. The van der Waals surface area contributed by atoms with Gasteiger partial charge in [0.1, 0.15) is 0 Å². The second kappa shape index (κ2) is 9.77. The Hall–Kier alpha value is -0.0800. The molecule has 1 fully saturated rings. The van der Waals surface area contributed by atoms with Crippen LogP contribution in [0.5, 0.6) is 0 Å². The van der Waals surface area contributed by atoms with Crippen LogP contribution in [0, 0.1) is 11.8 Å². The first kappa shape index (κ1) is 17.0. The topological polar surface area (TPSA) is 15.3 Å². The molecule has 0 saturated carbocycles. The van der Waals surface area contributed by atoms with Gasteiger partial charge in [0, 0.05) is 12.6 Å². The number of likely N-dealkylation sites (tertiary alicyclic amines) is 1. The average molecular weight is 268 g/mol. The van der Waals surface area contributed by atoms with Gasteiger partial charge in [-0.1, -0.05) is 40.5 Å². The van der Waals surface area contributed by atoms with E-state index in [1.54, 1.807) is 0 Å². The maximum atomic E-state index is 3.73. The molecule has 0 aromatic carbocycles. The third-order valence-electron chi connectivity index (χ3n) is 4.55. The van der Waals surface area contributed by atoms with Crippen LogP contribution >= 0.6 is 0 Å². The average Bonchev–Trinajstić information content (AvgIpc) is 2.60. The summed E-state index contributed by atoms with van der Waals surface area (Å²) in [4.78, 5) is 2.71. The van der Waals surface area contributed by atoms with Crippen molar-refractivity contribution in [1.29, 1.82) is 0 Å². The number of hydrogen-bond acceptors (Lipinski definition) is 2. The Bertz CT molecular complexity index is 215. The third-order valence-corrected chi connectivity index (χ3v) is 4.55. The van der Waals surface area contributed by atoms with Crippen LogP contribution in [0.15, 0.2) is 0 Å². The summed E-state index contributed by atoms with van der Waals surface area (Å²) in [5.74, 6) is 1.73. The highest BCUT2D eigenvalue weighted by Crippen LogP contribution is 2.22. The number of nitrogens with zero attached hydrogens (tertiary/aromatic N) is 1. The Morgan fingerprint density at radius 3 is 2.53 bits per heavy atom. The van der Waals surface area contributed by atoms with Gasteiger partial charge < -0.3 is 10.2 Å². The van der Waals surface area contributed by atoms with Crippen molar-refractivity contribution in [1.82, 2.24) is 10.2 Å². The summed E-state index contributed by atoms with van der Waals surface area (Å²) in [5.41, 5.74) is 0. The number of hydrogen-bond donors (Lipinski definition) is 1. The van der Waals surface area contributed by atoms with Gasteiger partial charge in [0.2, 0.25) is 0 Å². The van der Waals surface area contributed by atoms with Gasteiger partial charge in [0.25, 0.3) is 0 Å². The van der Waals surface area contributed by atoms with Crippen LogP contribution in [0.2, 0.25) is 0 Å². The Morgan fingerprint density at radius 1 is 1.11 bits per heavy atom. The van der Waals surface area contributed by atoms with Crippen LogP contribution < -0.4 is 5.32 Å². The molecule has 2 unspecified atom stereocenters. The number of rotatable bonds is 8. The molecule has 1 N–H and O–H groups in total. The molecule has 0 aromatic heterocycles. The summed E-state index contributed by atoms with van der Waals surface area (Å²) in [5, 5.41) is 3.73. The predicted octanol–water partition coefficient (Wildman–Crippen LogP) is 3.91. The van der Waals surface area contributed by atoms with E-state index in [4.69, 9.17) is 0 Å². The van der Waals surface area contributed by atoms with Gasteiger partial charge in [-0.05, 0) is 57.2 Å². The van der Waals surface area contributed by atoms with Crippen LogP contribution in [-0.4, -0.2) is 37.1 Å². The van der Waals surface area contributed by atoms with Gasteiger partial charge in [-0.2, -0.15) is 0 Å². The van der Waals surface area contributed by atoms with Gasteiger partial charge in [-0.3, -0.25) is 0 Å². The first-order valence-corrected chi connectivity index (χ1v) is 8.63. The molecule has 1 heterocycles. The molecule has 0 aliphatic carbocycles. The van der Waals surface area contributed by atoms with E-state index in [2.05, 4.69) is 37.9 Å². The summed E-state index contributed by atoms with van der Waals surface area (Å²) in [7, 11) is 0. The zero-order valence-electron chi connectivity index (χ0n) is 13.8. The van der Waals surface area contributed by atoms with Crippen LogP contribution in [0.25, 0.3) is 0 Å². The minimum absolute atomic E-state index is 0.669. The summed E-state index contributed by atoms with van der Waals surface area (Å²) in [6, 6.07) is 0.669. The minimum Gasteiger partial charge on any atom is -0.312 e. The molecular weight excluding hydrogens is 232 g/mol. The second-order valence-electron chi connectivity index (χ2n) is 6.69. The molecule has 0 bridgehead atoms. The Labute approximate surface area is 121 Å². The van der Waals surface area contributed by atoms with Gasteiger partial charge >= 0.3 is 0 Å². The van der Waals surface area contributed by atoms with Gasteiger partial charge in [-0.15, -0.1) is 0 Å². The number of nitrogens with one attached hydrogen (secondary N) is 1. The molecule has 1 aliphatic heterocycles. The Morgan fingerprint density at radius 2 is 1.89 bits per heavy atom. The van der Waals surface area contributed by atoms with E-state index in [0.717, 1.165) is 18.4 Å². The molecule has 19 heavy (non-hydrogen) atoms. The largest absolute Gasteiger partial charge is 0.312 e. The standard InChI is InChI=1S/C17H36N2/c1-5-8-16-9-7-12-19(13-10-16)14-17(15(3)4)18-11-6-2/h15-18H,5-14H2,1-4H3. The minimum atomic E-state index is 0.669. The van der Waals surface area contributed by atoms with Gasteiger partial charge in [0.15, 0.2) is 0 Å². The van der Waals surface area contributed by atoms with Crippen LogP contribution in [0.4, 0.5) is 0 Å². The van der Waals surface area contributed by atoms with Crippen molar-refractivity contribution in [2.24, 2.45) is 11.8 Å². The van der Waals surface area contributed by atoms with E-state index >= 15 is 0 Å². The van der Waals surface area contributed by atoms with Crippen LogP contribution in [-0.2, 0) is 0 Å². The fourth-order valence-corrected chi connectivity index (χ4v) is 3.22. The third kappa shape index (κ3) is 6.76.